The average Bonchev–Trinajstić information content (AvgIpc) is 2.77. The maximum absolute atomic E-state index is 13.3. The Bertz CT molecular complexity index is 954. The summed E-state index contributed by atoms with van der Waals surface area (Å²) >= 11 is 3.47. The lowest BCUT2D eigenvalue weighted by Gasteiger charge is -2.36. The molecule has 1 aliphatic rings. The predicted octanol–water partition coefficient (Wildman–Crippen LogP) is 5.32. The lowest BCUT2D eigenvalue weighted by atomic mass is 9.73. The molecule has 0 bridgehead atoms. The summed E-state index contributed by atoms with van der Waals surface area (Å²) in [6.07, 6.45) is 4.67. The number of nitrogens with one attached hydrogen (secondary N) is 1. The van der Waals surface area contributed by atoms with Gasteiger partial charge in [-0.3, -0.25) is 9.78 Å². The summed E-state index contributed by atoms with van der Waals surface area (Å²) in [5.74, 6) is 1.40. The molecule has 2 aromatic carbocycles. The molecule has 2 heterocycles. The van der Waals surface area contributed by atoms with Crippen molar-refractivity contribution in [1.29, 1.82) is 0 Å². The van der Waals surface area contributed by atoms with Gasteiger partial charge in [-0.25, -0.2) is 0 Å². The van der Waals surface area contributed by atoms with Crippen LogP contribution in [0.2, 0.25) is 0 Å². The van der Waals surface area contributed by atoms with Gasteiger partial charge in [-0.15, -0.1) is 0 Å². The normalized spacial score (nSPS) is 15.5. The van der Waals surface area contributed by atoms with Gasteiger partial charge in [-0.1, -0.05) is 28.1 Å². The first-order valence-corrected chi connectivity index (χ1v) is 10.3. The molecule has 4 rings (SSSR count). The molecule has 1 fully saturated rings. The highest BCUT2D eigenvalue weighted by molar-refractivity contribution is 9.10. The van der Waals surface area contributed by atoms with Gasteiger partial charge in [0.05, 0.1) is 5.41 Å². The summed E-state index contributed by atoms with van der Waals surface area (Å²) in [7, 11) is 0. The first kappa shape index (κ1) is 19.6. The first-order chi connectivity index (χ1) is 14.2. The van der Waals surface area contributed by atoms with Crippen molar-refractivity contribution in [3.05, 3.63) is 83.1 Å². The van der Waals surface area contributed by atoms with Crippen molar-refractivity contribution in [2.75, 3.05) is 18.5 Å². The van der Waals surface area contributed by atoms with E-state index in [1.54, 1.807) is 24.5 Å². The zero-order valence-corrected chi connectivity index (χ0v) is 17.4. The van der Waals surface area contributed by atoms with Crippen LogP contribution in [0.15, 0.2) is 77.5 Å². The number of anilines is 1. The van der Waals surface area contributed by atoms with E-state index in [0.717, 1.165) is 15.7 Å². The Balaban J connectivity index is 1.51. The van der Waals surface area contributed by atoms with Crippen LogP contribution in [0.1, 0.15) is 18.4 Å². The molecule has 6 heteroatoms. The van der Waals surface area contributed by atoms with E-state index >= 15 is 0 Å². The number of nitrogens with zero attached hydrogens (tertiary/aromatic N) is 1. The zero-order valence-electron chi connectivity index (χ0n) is 15.8. The van der Waals surface area contributed by atoms with Crippen molar-refractivity contribution < 1.29 is 14.3 Å². The number of hydrogen-bond donors (Lipinski definition) is 1. The third kappa shape index (κ3) is 4.49. The Hall–Kier alpha value is -2.70. The number of hydrogen-bond acceptors (Lipinski definition) is 4. The molecule has 5 nitrogen and oxygen atoms in total. The number of rotatable bonds is 5. The van der Waals surface area contributed by atoms with E-state index in [2.05, 4.69) is 26.2 Å². The number of benzene rings is 2. The molecule has 0 radical (unpaired) electrons. The van der Waals surface area contributed by atoms with Gasteiger partial charge in [0.25, 0.3) is 0 Å². The SMILES string of the molecule is O=C(Nc1ccc(Oc2ccncc2)cc1)C1(c2ccc(Br)cc2)CCOCC1. The topological polar surface area (TPSA) is 60.5 Å². The minimum atomic E-state index is -0.592. The van der Waals surface area contributed by atoms with Gasteiger partial charge in [0, 0.05) is 35.8 Å². The van der Waals surface area contributed by atoms with E-state index in [4.69, 9.17) is 9.47 Å². The predicted molar refractivity (Wildman–Crippen MR) is 115 cm³/mol. The molecule has 148 valence electrons. The molecule has 0 atom stereocenters. The number of pyridine rings is 1. The number of aromatic nitrogens is 1. The van der Waals surface area contributed by atoms with Crippen LogP contribution in [0, 0.1) is 0 Å². The molecular weight excluding hydrogens is 432 g/mol. The number of carbonyl (C=O) groups is 1. The molecule has 1 N–H and O–H groups in total. The highest BCUT2D eigenvalue weighted by Gasteiger charge is 2.41. The fourth-order valence-corrected chi connectivity index (χ4v) is 3.80. The molecule has 0 aliphatic carbocycles. The number of halogens is 1. The number of ether oxygens (including phenoxy) is 2. The Morgan fingerprint density at radius 3 is 2.21 bits per heavy atom. The molecule has 1 saturated heterocycles. The standard InChI is InChI=1S/C23H21BrN2O3/c24-18-3-1-17(2-4-18)23(11-15-28-16-12-23)22(27)26-19-5-7-20(8-6-19)29-21-9-13-25-14-10-21/h1-10,13-14H,11-12,15-16H2,(H,26,27). The molecular formula is C23H21BrN2O3. The molecule has 1 amide bonds. The van der Waals surface area contributed by atoms with Crippen molar-refractivity contribution in [2.24, 2.45) is 0 Å². The zero-order chi connectivity index (χ0) is 20.1. The van der Waals surface area contributed by atoms with E-state index in [9.17, 15) is 4.79 Å². The third-order valence-electron chi connectivity index (χ3n) is 5.18. The summed E-state index contributed by atoms with van der Waals surface area (Å²) in [5.41, 5.74) is 1.16. The minimum Gasteiger partial charge on any atom is -0.457 e. The first-order valence-electron chi connectivity index (χ1n) is 9.49. The Morgan fingerprint density at radius 1 is 0.931 bits per heavy atom. The average molecular weight is 453 g/mol. The molecule has 1 aromatic heterocycles. The summed E-state index contributed by atoms with van der Waals surface area (Å²) in [4.78, 5) is 17.3. The van der Waals surface area contributed by atoms with Crippen LogP contribution in [0.25, 0.3) is 0 Å². The lowest BCUT2D eigenvalue weighted by Crippen LogP contribution is -2.44. The van der Waals surface area contributed by atoms with Crippen LogP contribution in [-0.2, 0) is 14.9 Å². The van der Waals surface area contributed by atoms with Gasteiger partial charge >= 0.3 is 0 Å². The van der Waals surface area contributed by atoms with E-state index < -0.39 is 5.41 Å². The van der Waals surface area contributed by atoms with Crippen molar-refractivity contribution >= 4 is 27.5 Å². The van der Waals surface area contributed by atoms with E-state index in [0.29, 0.717) is 37.6 Å². The van der Waals surface area contributed by atoms with Crippen LogP contribution in [0.3, 0.4) is 0 Å². The molecule has 3 aromatic rings. The summed E-state index contributed by atoms with van der Waals surface area (Å²) in [6, 6.07) is 19.0. The number of carbonyl (C=O) groups excluding carboxylic acids is 1. The summed E-state index contributed by atoms with van der Waals surface area (Å²) in [5, 5.41) is 3.08. The highest BCUT2D eigenvalue weighted by Crippen LogP contribution is 2.37. The molecule has 1 aliphatic heterocycles. The van der Waals surface area contributed by atoms with Crippen molar-refractivity contribution in [1.82, 2.24) is 4.98 Å². The minimum absolute atomic E-state index is 0.00840. The molecule has 0 spiro atoms. The van der Waals surface area contributed by atoms with Crippen molar-refractivity contribution in [3.8, 4) is 11.5 Å². The fourth-order valence-electron chi connectivity index (χ4n) is 3.54. The third-order valence-corrected chi connectivity index (χ3v) is 5.70. The van der Waals surface area contributed by atoms with E-state index in [-0.39, 0.29) is 5.91 Å². The van der Waals surface area contributed by atoms with Gasteiger partial charge in [0.15, 0.2) is 0 Å². The van der Waals surface area contributed by atoms with Gasteiger partial charge in [-0.05, 0) is 66.9 Å². The Labute approximate surface area is 178 Å². The smallest absolute Gasteiger partial charge is 0.235 e. The summed E-state index contributed by atoms with van der Waals surface area (Å²) < 4.78 is 12.3. The van der Waals surface area contributed by atoms with Crippen molar-refractivity contribution in [3.63, 3.8) is 0 Å². The van der Waals surface area contributed by atoms with E-state index in [1.165, 1.54) is 0 Å². The Kier molecular flexibility index (Phi) is 5.92. The van der Waals surface area contributed by atoms with Crippen LogP contribution in [0.4, 0.5) is 5.69 Å². The second-order valence-corrected chi connectivity index (χ2v) is 7.88. The molecule has 0 unspecified atom stereocenters. The van der Waals surface area contributed by atoms with Gasteiger partial charge in [-0.2, -0.15) is 0 Å². The van der Waals surface area contributed by atoms with Crippen LogP contribution in [-0.4, -0.2) is 24.1 Å². The van der Waals surface area contributed by atoms with Crippen LogP contribution in [0.5, 0.6) is 11.5 Å². The second kappa shape index (κ2) is 8.76. The number of amides is 1. The van der Waals surface area contributed by atoms with Gasteiger partial charge in [0.1, 0.15) is 11.5 Å². The van der Waals surface area contributed by atoms with E-state index in [1.807, 2.05) is 48.5 Å². The lowest BCUT2D eigenvalue weighted by molar-refractivity contribution is -0.125. The Morgan fingerprint density at radius 2 is 1.55 bits per heavy atom. The van der Waals surface area contributed by atoms with Crippen molar-refractivity contribution in [2.45, 2.75) is 18.3 Å². The maximum atomic E-state index is 13.3. The molecule has 29 heavy (non-hydrogen) atoms. The summed E-state index contributed by atoms with van der Waals surface area (Å²) in [6.45, 7) is 1.14. The molecule has 0 saturated carbocycles. The monoisotopic (exact) mass is 452 g/mol. The maximum Gasteiger partial charge on any atom is 0.235 e. The van der Waals surface area contributed by atoms with Crippen LogP contribution >= 0.6 is 15.9 Å². The fraction of sp³-hybridized carbons (Fsp3) is 0.217. The second-order valence-electron chi connectivity index (χ2n) is 6.96. The van der Waals surface area contributed by atoms with Gasteiger partial charge in [0.2, 0.25) is 5.91 Å². The largest absolute Gasteiger partial charge is 0.457 e. The highest BCUT2D eigenvalue weighted by atomic mass is 79.9. The quantitative estimate of drug-likeness (QED) is 0.568. The van der Waals surface area contributed by atoms with Crippen LogP contribution < -0.4 is 10.1 Å². The van der Waals surface area contributed by atoms with Gasteiger partial charge < -0.3 is 14.8 Å².